The fourth-order valence-corrected chi connectivity index (χ4v) is 2.29. The summed E-state index contributed by atoms with van der Waals surface area (Å²) in [4.78, 5) is 12.2. The molecule has 0 spiro atoms. The van der Waals surface area contributed by atoms with E-state index >= 15 is 0 Å². The number of H-pyrrole nitrogens is 1. The van der Waals surface area contributed by atoms with Gasteiger partial charge in [0.25, 0.3) is 0 Å². The zero-order valence-electron chi connectivity index (χ0n) is 10.1. The molecule has 2 aromatic carbocycles. The third-order valence-electron chi connectivity index (χ3n) is 3.04. The van der Waals surface area contributed by atoms with E-state index in [2.05, 4.69) is 26.1 Å². The summed E-state index contributed by atoms with van der Waals surface area (Å²) >= 11 is 3.36. The van der Waals surface area contributed by atoms with Crippen LogP contribution in [0.4, 0.5) is 0 Å². The molecular weight excluding hydrogens is 304 g/mol. The largest absolute Gasteiger partial charge is 0.294 e. The standard InChI is InChI=1S/C15H11BrN2O/c16-13-4-2-11(3-5-13)15(19)8-10-1-6-14-12(7-10)9-17-18-14/h1-7,9H,8H2,(H,17,18). The molecule has 0 aliphatic heterocycles. The van der Waals surface area contributed by atoms with Crippen LogP contribution in [-0.2, 0) is 6.42 Å². The second-order valence-corrected chi connectivity index (χ2v) is 5.31. The topological polar surface area (TPSA) is 45.8 Å². The summed E-state index contributed by atoms with van der Waals surface area (Å²) < 4.78 is 0.976. The highest BCUT2D eigenvalue weighted by atomic mass is 79.9. The summed E-state index contributed by atoms with van der Waals surface area (Å²) in [6, 6.07) is 13.3. The second-order valence-electron chi connectivity index (χ2n) is 4.40. The Bertz CT molecular complexity index is 731. The number of nitrogens with zero attached hydrogens (tertiary/aromatic N) is 1. The van der Waals surface area contributed by atoms with Crippen LogP contribution >= 0.6 is 15.9 Å². The molecule has 3 nitrogen and oxygen atoms in total. The van der Waals surface area contributed by atoms with Crippen molar-refractivity contribution in [3.63, 3.8) is 0 Å². The second kappa shape index (κ2) is 4.97. The molecule has 0 fully saturated rings. The molecule has 4 heteroatoms. The molecule has 0 saturated carbocycles. The Kier molecular flexibility index (Phi) is 3.17. The van der Waals surface area contributed by atoms with Crippen molar-refractivity contribution < 1.29 is 4.79 Å². The van der Waals surface area contributed by atoms with Crippen LogP contribution in [0, 0.1) is 0 Å². The maximum absolute atomic E-state index is 12.2. The third kappa shape index (κ3) is 2.58. The minimum Gasteiger partial charge on any atom is -0.294 e. The Morgan fingerprint density at radius 1 is 1.16 bits per heavy atom. The number of carbonyl (C=O) groups is 1. The lowest BCUT2D eigenvalue weighted by molar-refractivity contribution is 0.0993. The number of aromatic amines is 1. The van der Waals surface area contributed by atoms with Gasteiger partial charge in [-0.25, -0.2) is 0 Å². The first-order chi connectivity index (χ1) is 9.22. The van der Waals surface area contributed by atoms with Crippen LogP contribution in [0.25, 0.3) is 10.9 Å². The molecule has 0 atom stereocenters. The summed E-state index contributed by atoms with van der Waals surface area (Å²) in [6.07, 6.45) is 2.17. The first-order valence-electron chi connectivity index (χ1n) is 5.93. The number of carbonyl (C=O) groups excluding carboxylic acids is 1. The zero-order chi connectivity index (χ0) is 13.2. The van der Waals surface area contributed by atoms with Gasteiger partial charge < -0.3 is 0 Å². The fourth-order valence-electron chi connectivity index (χ4n) is 2.03. The van der Waals surface area contributed by atoms with Crippen molar-refractivity contribution in [1.82, 2.24) is 10.2 Å². The lowest BCUT2D eigenvalue weighted by atomic mass is 10.0. The number of hydrogen-bond donors (Lipinski definition) is 1. The monoisotopic (exact) mass is 314 g/mol. The van der Waals surface area contributed by atoms with Gasteiger partial charge in [0, 0.05) is 21.8 Å². The minimum absolute atomic E-state index is 0.121. The molecule has 0 aliphatic carbocycles. The maximum atomic E-state index is 12.2. The highest BCUT2D eigenvalue weighted by molar-refractivity contribution is 9.10. The van der Waals surface area contributed by atoms with Crippen LogP contribution in [0.5, 0.6) is 0 Å². The molecule has 0 amide bonds. The van der Waals surface area contributed by atoms with Crippen molar-refractivity contribution in [3.8, 4) is 0 Å². The average molecular weight is 315 g/mol. The molecule has 1 heterocycles. The molecule has 19 heavy (non-hydrogen) atoms. The number of ketones is 1. The molecule has 1 aromatic heterocycles. The Balaban J connectivity index is 1.83. The van der Waals surface area contributed by atoms with Gasteiger partial charge in [0.05, 0.1) is 11.7 Å². The Morgan fingerprint density at radius 2 is 1.95 bits per heavy atom. The van der Waals surface area contributed by atoms with Gasteiger partial charge in [0.1, 0.15) is 0 Å². The minimum atomic E-state index is 0.121. The van der Waals surface area contributed by atoms with E-state index in [0.717, 1.165) is 26.5 Å². The van der Waals surface area contributed by atoms with Gasteiger partial charge in [-0.15, -0.1) is 0 Å². The lowest BCUT2D eigenvalue weighted by Gasteiger charge is -2.02. The maximum Gasteiger partial charge on any atom is 0.167 e. The normalized spacial score (nSPS) is 10.8. The Labute approximate surface area is 118 Å². The molecule has 0 radical (unpaired) electrons. The molecule has 0 aliphatic rings. The number of fused-ring (bicyclic) bond motifs is 1. The molecule has 3 rings (SSSR count). The number of nitrogens with one attached hydrogen (secondary N) is 1. The predicted molar refractivity (Wildman–Crippen MR) is 78.3 cm³/mol. The first-order valence-corrected chi connectivity index (χ1v) is 6.72. The average Bonchev–Trinajstić information content (AvgIpc) is 2.87. The van der Waals surface area contributed by atoms with E-state index in [-0.39, 0.29) is 5.78 Å². The highest BCUT2D eigenvalue weighted by Crippen LogP contribution is 2.16. The summed E-state index contributed by atoms with van der Waals surface area (Å²) in [5, 5.41) is 7.90. The van der Waals surface area contributed by atoms with E-state index in [1.807, 2.05) is 42.5 Å². The van der Waals surface area contributed by atoms with Crippen LogP contribution in [0.15, 0.2) is 53.1 Å². The Morgan fingerprint density at radius 3 is 2.74 bits per heavy atom. The lowest BCUT2D eigenvalue weighted by Crippen LogP contribution is -2.03. The van der Waals surface area contributed by atoms with Gasteiger partial charge in [-0.1, -0.05) is 34.1 Å². The number of hydrogen-bond acceptors (Lipinski definition) is 2. The van der Waals surface area contributed by atoms with E-state index in [1.54, 1.807) is 6.20 Å². The summed E-state index contributed by atoms with van der Waals surface area (Å²) in [7, 11) is 0. The van der Waals surface area contributed by atoms with Crippen molar-refractivity contribution in [2.24, 2.45) is 0 Å². The van der Waals surface area contributed by atoms with Crippen molar-refractivity contribution in [3.05, 3.63) is 64.3 Å². The predicted octanol–water partition coefficient (Wildman–Crippen LogP) is 3.75. The Hall–Kier alpha value is -1.94. The fraction of sp³-hybridized carbons (Fsp3) is 0.0667. The van der Waals surface area contributed by atoms with Gasteiger partial charge in [-0.2, -0.15) is 5.10 Å². The van der Waals surface area contributed by atoms with E-state index in [0.29, 0.717) is 6.42 Å². The van der Waals surface area contributed by atoms with E-state index in [9.17, 15) is 4.79 Å². The van der Waals surface area contributed by atoms with E-state index < -0.39 is 0 Å². The molecule has 94 valence electrons. The highest BCUT2D eigenvalue weighted by Gasteiger charge is 2.07. The molecule has 1 N–H and O–H groups in total. The number of Topliss-reactive ketones (excluding diaryl/α,β-unsaturated/α-hetero) is 1. The van der Waals surface area contributed by atoms with Gasteiger partial charge >= 0.3 is 0 Å². The van der Waals surface area contributed by atoms with Gasteiger partial charge in [-0.3, -0.25) is 9.89 Å². The van der Waals surface area contributed by atoms with E-state index in [4.69, 9.17) is 0 Å². The quantitative estimate of drug-likeness (QED) is 0.748. The van der Waals surface area contributed by atoms with Crippen LogP contribution in [-0.4, -0.2) is 16.0 Å². The SMILES string of the molecule is O=C(Cc1ccc2[nH]ncc2c1)c1ccc(Br)cc1. The van der Waals surface area contributed by atoms with Crippen LogP contribution < -0.4 is 0 Å². The van der Waals surface area contributed by atoms with E-state index in [1.165, 1.54) is 0 Å². The summed E-state index contributed by atoms with van der Waals surface area (Å²) in [5.41, 5.74) is 2.72. The molecule has 0 bridgehead atoms. The third-order valence-corrected chi connectivity index (χ3v) is 3.56. The molecule has 0 saturated heterocycles. The van der Waals surface area contributed by atoms with Gasteiger partial charge in [0.15, 0.2) is 5.78 Å². The number of benzene rings is 2. The molecule has 0 unspecified atom stereocenters. The van der Waals surface area contributed by atoms with Crippen LogP contribution in [0.3, 0.4) is 0 Å². The van der Waals surface area contributed by atoms with Gasteiger partial charge in [0.2, 0.25) is 0 Å². The number of aromatic nitrogens is 2. The van der Waals surface area contributed by atoms with Crippen molar-refractivity contribution >= 4 is 32.6 Å². The zero-order valence-corrected chi connectivity index (χ0v) is 11.6. The summed E-state index contributed by atoms with van der Waals surface area (Å²) in [6.45, 7) is 0. The van der Waals surface area contributed by atoms with Crippen molar-refractivity contribution in [1.29, 1.82) is 0 Å². The van der Waals surface area contributed by atoms with Crippen LogP contribution in [0.2, 0.25) is 0 Å². The molecule has 3 aromatic rings. The number of rotatable bonds is 3. The molecular formula is C15H11BrN2O. The first kappa shape index (κ1) is 12.1. The van der Waals surface area contributed by atoms with Crippen molar-refractivity contribution in [2.75, 3.05) is 0 Å². The smallest absolute Gasteiger partial charge is 0.167 e. The summed E-state index contributed by atoms with van der Waals surface area (Å²) in [5.74, 6) is 0.121. The van der Waals surface area contributed by atoms with Crippen LogP contribution in [0.1, 0.15) is 15.9 Å². The van der Waals surface area contributed by atoms with Gasteiger partial charge in [-0.05, 0) is 29.8 Å². The number of halogens is 1. The van der Waals surface area contributed by atoms with Crippen molar-refractivity contribution in [2.45, 2.75) is 6.42 Å².